The van der Waals surface area contributed by atoms with E-state index >= 15 is 0 Å². The van der Waals surface area contributed by atoms with Gasteiger partial charge in [0.2, 0.25) is 0 Å². The molecular formula is C16H34BN2OP. The van der Waals surface area contributed by atoms with Gasteiger partial charge in [0.1, 0.15) is 0 Å². The predicted molar refractivity (Wildman–Crippen MR) is 95.3 cm³/mol. The minimum atomic E-state index is -0.108. The van der Waals surface area contributed by atoms with Gasteiger partial charge in [0.15, 0.2) is 0 Å². The van der Waals surface area contributed by atoms with Crippen LogP contribution in [0.2, 0.25) is 11.6 Å². The molecule has 0 N–H and O–H groups in total. The molecule has 5 heteroatoms. The Balaban J connectivity index is 1.63. The summed E-state index contributed by atoms with van der Waals surface area (Å²) in [5, 5.41) is 0. The smallest absolute Gasteiger partial charge is 0.299 e. The van der Waals surface area contributed by atoms with Gasteiger partial charge in [-0.1, -0.05) is 38.5 Å². The number of unbranched alkanes of at least 4 members (excludes halogenated alkanes) is 1. The molecule has 0 aromatic heterocycles. The number of rotatable bonds is 8. The summed E-state index contributed by atoms with van der Waals surface area (Å²) in [4.78, 5) is 0. The fourth-order valence-corrected chi connectivity index (χ4v) is 6.24. The fraction of sp³-hybridized carbons (Fsp3) is 1.00. The first-order chi connectivity index (χ1) is 10.1. The maximum atomic E-state index is 6.33. The van der Waals surface area contributed by atoms with Gasteiger partial charge >= 0.3 is 0 Å². The summed E-state index contributed by atoms with van der Waals surface area (Å²) >= 11 is 0. The lowest BCUT2D eigenvalue weighted by Gasteiger charge is -2.39. The zero-order chi connectivity index (χ0) is 15.2. The average Bonchev–Trinajstić information content (AvgIpc) is 2.41. The van der Waals surface area contributed by atoms with Crippen molar-refractivity contribution in [3.63, 3.8) is 0 Å². The minimum Gasteiger partial charge on any atom is -0.435 e. The molecule has 2 saturated heterocycles. The van der Waals surface area contributed by atoms with Gasteiger partial charge in [-0.05, 0) is 58.8 Å². The van der Waals surface area contributed by atoms with Crippen molar-refractivity contribution in [3.8, 4) is 0 Å². The third-order valence-electron chi connectivity index (χ3n) is 5.22. The summed E-state index contributed by atoms with van der Waals surface area (Å²) in [7, 11) is 8.69. The van der Waals surface area contributed by atoms with E-state index in [9.17, 15) is 0 Å². The second-order valence-corrected chi connectivity index (χ2v) is 10.0. The Morgan fingerprint density at radius 1 is 0.905 bits per heavy atom. The molecule has 0 aromatic carbocycles. The number of hydrogen-bond donors (Lipinski definition) is 0. The number of hydrogen-bond acceptors (Lipinski definition) is 3. The van der Waals surface area contributed by atoms with E-state index in [4.69, 9.17) is 4.65 Å². The summed E-state index contributed by atoms with van der Waals surface area (Å²) < 4.78 is 11.1. The largest absolute Gasteiger partial charge is 0.435 e. The molecule has 2 rings (SSSR count). The van der Waals surface area contributed by atoms with Crippen molar-refractivity contribution in [3.05, 3.63) is 0 Å². The summed E-state index contributed by atoms with van der Waals surface area (Å²) in [5.41, 5.74) is 0. The van der Waals surface area contributed by atoms with Gasteiger partial charge < -0.3 is 4.65 Å². The standard InChI is InChI=1S/C16H34BN2OP/c1-18(2)21(19(3)4)14-6-5-13-20-17-15-9-7-10-16(17)12-8-11-15/h15-16H,5-14H2,1-4H3. The lowest BCUT2D eigenvalue weighted by atomic mass is 9.38. The Bertz CT molecular complexity index is 274. The lowest BCUT2D eigenvalue weighted by Crippen LogP contribution is -2.37. The van der Waals surface area contributed by atoms with Crippen molar-refractivity contribution in [2.75, 3.05) is 41.0 Å². The van der Waals surface area contributed by atoms with E-state index in [1.807, 2.05) is 0 Å². The van der Waals surface area contributed by atoms with Crippen LogP contribution in [0.5, 0.6) is 0 Å². The van der Waals surface area contributed by atoms with Crippen molar-refractivity contribution in [2.24, 2.45) is 0 Å². The molecule has 2 aliphatic rings. The van der Waals surface area contributed by atoms with Crippen LogP contribution in [0, 0.1) is 0 Å². The predicted octanol–water partition coefficient (Wildman–Crippen LogP) is 4.32. The zero-order valence-electron chi connectivity index (χ0n) is 14.6. The summed E-state index contributed by atoms with van der Waals surface area (Å²) in [6, 6.07) is 0. The van der Waals surface area contributed by atoms with E-state index in [0.717, 1.165) is 18.2 Å². The van der Waals surface area contributed by atoms with Crippen LogP contribution in [-0.4, -0.2) is 57.2 Å². The topological polar surface area (TPSA) is 15.7 Å². The first-order valence-corrected chi connectivity index (χ1v) is 10.3. The van der Waals surface area contributed by atoms with Crippen LogP contribution >= 0.6 is 8.22 Å². The molecule has 122 valence electrons. The molecule has 0 aliphatic carbocycles. The average molecular weight is 312 g/mol. The molecular weight excluding hydrogens is 278 g/mol. The SMILES string of the molecule is CN(C)P(CCCCOB1C2CCCC1CCC2)N(C)C. The van der Waals surface area contributed by atoms with Crippen LogP contribution in [-0.2, 0) is 4.65 Å². The second kappa shape index (κ2) is 8.86. The first-order valence-electron chi connectivity index (χ1n) is 8.83. The Kier molecular flexibility index (Phi) is 7.48. The van der Waals surface area contributed by atoms with E-state index < -0.39 is 0 Å². The Morgan fingerprint density at radius 3 is 1.90 bits per heavy atom. The van der Waals surface area contributed by atoms with Gasteiger partial charge in [-0.2, -0.15) is 0 Å². The van der Waals surface area contributed by atoms with Crippen LogP contribution in [0.4, 0.5) is 0 Å². The molecule has 2 bridgehead atoms. The molecule has 0 spiro atoms. The summed E-state index contributed by atoms with van der Waals surface area (Å²) in [6.45, 7) is 1.60. The van der Waals surface area contributed by atoms with Crippen LogP contribution < -0.4 is 0 Å². The van der Waals surface area contributed by atoms with Gasteiger partial charge in [0.05, 0.1) is 0 Å². The van der Waals surface area contributed by atoms with E-state index in [0.29, 0.717) is 6.92 Å². The molecule has 0 amide bonds. The van der Waals surface area contributed by atoms with Gasteiger partial charge in [0.25, 0.3) is 6.92 Å². The molecule has 0 unspecified atom stereocenters. The lowest BCUT2D eigenvalue weighted by molar-refractivity contribution is 0.263. The van der Waals surface area contributed by atoms with E-state index in [1.165, 1.54) is 57.5 Å². The van der Waals surface area contributed by atoms with Gasteiger partial charge in [-0.15, -0.1) is 0 Å². The highest BCUT2D eigenvalue weighted by Crippen LogP contribution is 2.46. The third kappa shape index (κ3) is 5.20. The summed E-state index contributed by atoms with van der Waals surface area (Å²) in [6.07, 6.45) is 12.4. The number of nitrogens with zero attached hydrogens (tertiary/aromatic N) is 2. The van der Waals surface area contributed by atoms with Crippen LogP contribution in [0.3, 0.4) is 0 Å². The van der Waals surface area contributed by atoms with Crippen molar-refractivity contribution >= 4 is 15.1 Å². The van der Waals surface area contributed by atoms with Crippen LogP contribution in [0.25, 0.3) is 0 Å². The maximum absolute atomic E-state index is 6.33. The summed E-state index contributed by atoms with van der Waals surface area (Å²) in [5.74, 6) is 1.77. The molecule has 0 radical (unpaired) electrons. The third-order valence-corrected chi connectivity index (χ3v) is 7.78. The van der Waals surface area contributed by atoms with Gasteiger partial charge in [-0.25, -0.2) is 0 Å². The Hall–Kier alpha value is 0.375. The van der Waals surface area contributed by atoms with E-state index in [-0.39, 0.29) is 8.22 Å². The first kappa shape index (κ1) is 17.7. The molecule has 21 heavy (non-hydrogen) atoms. The molecule has 0 saturated carbocycles. The maximum Gasteiger partial charge on any atom is 0.299 e. The fourth-order valence-electron chi connectivity index (χ4n) is 4.22. The highest BCUT2D eigenvalue weighted by molar-refractivity contribution is 7.52. The van der Waals surface area contributed by atoms with Crippen LogP contribution in [0.1, 0.15) is 51.4 Å². The van der Waals surface area contributed by atoms with Crippen molar-refractivity contribution < 1.29 is 4.65 Å². The molecule has 0 atom stereocenters. The molecule has 2 aliphatic heterocycles. The van der Waals surface area contributed by atoms with Crippen molar-refractivity contribution in [2.45, 2.75) is 63.0 Å². The van der Waals surface area contributed by atoms with Crippen LogP contribution in [0.15, 0.2) is 0 Å². The van der Waals surface area contributed by atoms with Gasteiger partial charge in [-0.3, -0.25) is 9.34 Å². The highest BCUT2D eigenvalue weighted by atomic mass is 31.1. The monoisotopic (exact) mass is 312 g/mol. The second-order valence-electron chi connectivity index (χ2n) is 7.21. The van der Waals surface area contributed by atoms with E-state index in [2.05, 4.69) is 37.5 Å². The molecule has 3 nitrogen and oxygen atoms in total. The number of fused-ring (bicyclic) bond motifs is 2. The van der Waals surface area contributed by atoms with E-state index in [1.54, 1.807) is 0 Å². The normalized spacial score (nSPS) is 26.1. The minimum absolute atomic E-state index is 0.108. The Labute approximate surface area is 133 Å². The molecule has 2 fully saturated rings. The van der Waals surface area contributed by atoms with Gasteiger partial charge in [0, 0.05) is 14.8 Å². The highest BCUT2D eigenvalue weighted by Gasteiger charge is 2.40. The molecule has 0 aromatic rings. The molecule has 2 heterocycles. The van der Waals surface area contributed by atoms with Crippen molar-refractivity contribution in [1.29, 1.82) is 0 Å². The van der Waals surface area contributed by atoms with Crippen molar-refractivity contribution in [1.82, 2.24) is 9.34 Å². The Morgan fingerprint density at radius 2 is 1.43 bits per heavy atom. The quantitative estimate of drug-likeness (QED) is 0.377. The zero-order valence-corrected chi connectivity index (χ0v) is 15.4.